The highest BCUT2D eigenvalue weighted by Crippen LogP contribution is 2.37. The first kappa shape index (κ1) is 16.1. The second kappa shape index (κ2) is 7.61. The van der Waals surface area contributed by atoms with Crippen LogP contribution < -0.4 is 14.8 Å². The van der Waals surface area contributed by atoms with Gasteiger partial charge in [-0.15, -0.1) is 0 Å². The Bertz CT molecular complexity index is 405. The minimum Gasteiger partial charge on any atom is -0.490 e. The average molecular weight is 286 g/mol. The Morgan fingerprint density at radius 1 is 1.21 bits per heavy atom. The Labute approximate surface area is 121 Å². The molecule has 0 saturated heterocycles. The molecule has 4 heteroatoms. The minimum absolute atomic E-state index is 0.0661. The van der Waals surface area contributed by atoms with Gasteiger partial charge in [-0.25, -0.2) is 0 Å². The van der Waals surface area contributed by atoms with Gasteiger partial charge in [-0.2, -0.15) is 0 Å². The van der Waals surface area contributed by atoms with Crippen molar-refractivity contribution in [3.05, 3.63) is 22.7 Å². The van der Waals surface area contributed by atoms with E-state index in [9.17, 15) is 0 Å². The molecule has 0 aliphatic carbocycles. The summed E-state index contributed by atoms with van der Waals surface area (Å²) in [7, 11) is 0. The maximum atomic E-state index is 6.30. The van der Waals surface area contributed by atoms with E-state index in [2.05, 4.69) is 19.2 Å². The highest BCUT2D eigenvalue weighted by atomic mass is 35.5. The van der Waals surface area contributed by atoms with Crippen molar-refractivity contribution in [3.8, 4) is 11.5 Å². The van der Waals surface area contributed by atoms with Crippen LogP contribution in [0.5, 0.6) is 11.5 Å². The highest BCUT2D eigenvalue weighted by Gasteiger charge is 2.14. The summed E-state index contributed by atoms with van der Waals surface area (Å²) >= 11 is 6.30. The van der Waals surface area contributed by atoms with E-state index in [1.807, 2.05) is 32.9 Å². The predicted molar refractivity (Wildman–Crippen MR) is 80.4 cm³/mol. The van der Waals surface area contributed by atoms with Gasteiger partial charge in [0.15, 0.2) is 11.5 Å². The summed E-state index contributed by atoms with van der Waals surface area (Å²) < 4.78 is 11.4. The van der Waals surface area contributed by atoms with E-state index in [0.717, 1.165) is 12.1 Å². The first-order valence-electron chi connectivity index (χ1n) is 6.79. The van der Waals surface area contributed by atoms with E-state index in [1.165, 1.54) is 0 Å². The minimum atomic E-state index is 0.0661. The molecule has 0 radical (unpaired) electrons. The Kier molecular flexibility index (Phi) is 6.46. The van der Waals surface area contributed by atoms with E-state index in [0.29, 0.717) is 29.2 Å². The number of halogens is 1. The van der Waals surface area contributed by atoms with Crippen molar-refractivity contribution >= 4 is 11.6 Å². The smallest absolute Gasteiger partial charge is 0.180 e. The Balaban J connectivity index is 2.99. The van der Waals surface area contributed by atoms with Gasteiger partial charge in [0.2, 0.25) is 0 Å². The van der Waals surface area contributed by atoms with Crippen LogP contribution in [-0.4, -0.2) is 18.8 Å². The number of benzene rings is 1. The maximum absolute atomic E-state index is 6.30. The Hall–Kier alpha value is -0.930. The van der Waals surface area contributed by atoms with Crippen LogP contribution >= 0.6 is 11.6 Å². The van der Waals surface area contributed by atoms with Gasteiger partial charge in [0, 0.05) is 12.6 Å². The van der Waals surface area contributed by atoms with Crippen LogP contribution in [0.2, 0.25) is 5.02 Å². The number of ether oxygens (including phenoxy) is 2. The van der Waals surface area contributed by atoms with Crippen LogP contribution in [0.25, 0.3) is 0 Å². The van der Waals surface area contributed by atoms with Crippen LogP contribution in [0.15, 0.2) is 12.1 Å². The normalized spacial score (nSPS) is 11.2. The van der Waals surface area contributed by atoms with Gasteiger partial charge >= 0.3 is 0 Å². The standard InChI is InChI=1S/C15H24ClNO2/c1-6-18-14-8-12(9-17-10(2)3)7-13(16)15(14)19-11(4)5/h7-8,10-11,17H,6,9H2,1-5H3. The van der Waals surface area contributed by atoms with E-state index in [1.54, 1.807) is 0 Å². The largest absolute Gasteiger partial charge is 0.490 e. The fraction of sp³-hybridized carbons (Fsp3) is 0.600. The molecule has 0 aromatic heterocycles. The summed E-state index contributed by atoms with van der Waals surface area (Å²) in [4.78, 5) is 0. The number of nitrogens with one attached hydrogen (secondary N) is 1. The molecule has 0 aliphatic rings. The van der Waals surface area contributed by atoms with Crippen molar-refractivity contribution in [1.82, 2.24) is 5.32 Å². The molecule has 0 atom stereocenters. The van der Waals surface area contributed by atoms with Gasteiger partial charge in [-0.05, 0) is 38.5 Å². The summed E-state index contributed by atoms with van der Waals surface area (Å²) in [5, 5.41) is 3.96. The van der Waals surface area contributed by atoms with Gasteiger partial charge in [0.1, 0.15) is 0 Å². The van der Waals surface area contributed by atoms with Gasteiger partial charge in [0.25, 0.3) is 0 Å². The summed E-state index contributed by atoms with van der Waals surface area (Å²) in [6, 6.07) is 4.35. The lowest BCUT2D eigenvalue weighted by molar-refractivity contribution is 0.224. The van der Waals surface area contributed by atoms with Gasteiger partial charge < -0.3 is 14.8 Å². The topological polar surface area (TPSA) is 30.5 Å². The first-order valence-corrected chi connectivity index (χ1v) is 7.17. The fourth-order valence-electron chi connectivity index (χ4n) is 1.66. The third kappa shape index (κ3) is 5.29. The van der Waals surface area contributed by atoms with Crippen molar-refractivity contribution in [2.45, 2.75) is 53.3 Å². The third-order valence-electron chi connectivity index (χ3n) is 2.44. The second-order valence-corrected chi connectivity index (χ2v) is 5.45. The molecule has 0 aliphatic heterocycles. The second-order valence-electron chi connectivity index (χ2n) is 5.04. The molecule has 1 aromatic rings. The van der Waals surface area contributed by atoms with E-state index in [-0.39, 0.29) is 6.10 Å². The number of hydrogen-bond donors (Lipinski definition) is 1. The summed E-state index contributed by atoms with van der Waals surface area (Å²) in [5.74, 6) is 1.34. The van der Waals surface area contributed by atoms with Crippen molar-refractivity contribution < 1.29 is 9.47 Å². The van der Waals surface area contributed by atoms with Gasteiger partial charge in [0.05, 0.1) is 17.7 Å². The Morgan fingerprint density at radius 2 is 1.89 bits per heavy atom. The molecule has 1 rings (SSSR count). The molecule has 0 fully saturated rings. The number of hydrogen-bond acceptors (Lipinski definition) is 3. The number of rotatable bonds is 7. The molecule has 1 N–H and O–H groups in total. The van der Waals surface area contributed by atoms with Crippen LogP contribution in [-0.2, 0) is 6.54 Å². The van der Waals surface area contributed by atoms with Crippen LogP contribution in [0.3, 0.4) is 0 Å². The van der Waals surface area contributed by atoms with Crippen LogP contribution in [0, 0.1) is 0 Å². The summed E-state index contributed by atoms with van der Waals surface area (Å²) in [6.45, 7) is 11.5. The molecule has 0 heterocycles. The lowest BCUT2D eigenvalue weighted by Gasteiger charge is -2.18. The Morgan fingerprint density at radius 3 is 2.42 bits per heavy atom. The SMILES string of the molecule is CCOc1cc(CNC(C)C)cc(Cl)c1OC(C)C. The lowest BCUT2D eigenvalue weighted by atomic mass is 10.2. The fourth-order valence-corrected chi connectivity index (χ4v) is 1.94. The van der Waals surface area contributed by atoms with Crippen molar-refractivity contribution in [2.75, 3.05) is 6.61 Å². The van der Waals surface area contributed by atoms with Crippen molar-refractivity contribution in [2.24, 2.45) is 0 Å². The van der Waals surface area contributed by atoms with E-state index in [4.69, 9.17) is 21.1 Å². The molecule has 1 aromatic carbocycles. The molecular formula is C15H24ClNO2. The van der Waals surface area contributed by atoms with Gasteiger partial charge in [-0.1, -0.05) is 25.4 Å². The first-order chi connectivity index (χ1) is 8.93. The molecule has 19 heavy (non-hydrogen) atoms. The zero-order valence-corrected chi connectivity index (χ0v) is 13.2. The summed E-state index contributed by atoms with van der Waals surface area (Å²) in [6.07, 6.45) is 0.0661. The molecule has 0 spiro atoms. The monoisotopic (exact) mass is 285 g/mol. The van der Waals surface area contributed by atoms with Crippen molar-refractivity contribution in [3.63, 3.8) is 0 Å². The predicted octanol–water partition coefficient (Wildman–Crippen LogP) is 4.02. The molecule has 0 bridgehead atoms. The molecule has 108 valence electrons. The summed E-state index contributed by atoms with van der Waals surface area (Å²) in [5.41, 5.74) is 1.10. The van der Waals surface area contributed by atoms with E-state index >= 15 is 0 Å². The van der Waals surface area contributed by atoms with E-state index < -0.39 is 0 Å². The third-order valence-corrected chi connectivity index (χ3v) is 2.72. The van der Waals surface area contributed by atoms with Crippen LogP contribution in [0.4, 0.5) is 0 Å². The highest BCUT2D eigenvalue weighted by molar-refractivity contribution is 6.32. The molecule has 0 unspecified atom stereocenters. The molecular weight excluding hydrogens is 262 g/mol. The average Bonchev–Trinajstić information content (AvgIpc) is 2.31. The quantitative estimate of drug-likeness (QED) is 0.821. The molecule has 0 amide bonds. The van der Waals surface area contributed by atoms with Gasteiger partial charge in [-0.3, -0.25) is 0 Å². The molecule has 3 nitrogen and oxygen atoms in total. The van der Waals surface area contributed by atoms with Crippen LogP contribution in [0.1, 0.15) is 40.2 Å². The zero-order valence-electron chi connectivity index (χ0n) is 12.4. The van der Waals surface area contributed by atoms with Crippen molar-refractivity contribution in [1.29, 1.82) is 0 Å². The zero-order chi connectivity index (χ0) is 14.4. The maximum Gasteiger partial charge on any atom is 0.180 e. The lowest BCUT2D eigenvalue weighted by Crippen LogP contribution is -2.21. The molecule has 0 saturated carbocycles.